The molecule has 2 aromatic heterocycles. The number of carbonyl (C=O) groups excluding carboxylic acids is 2. The molecule has 0 radical (unpaired) electrons. The first-order valence-electron chi connectivity index (χ1n) is 10.3. The van der Waals surface area contributed by atoms with Gasteiger partial charge in [-0.3, -0.25) is 19.0 Å². The van der Waals surface area contributed by atoms with Crippen molar-refractivity contribution in [1.82, 2.24) is 9.55 Å². The van der Waals surface area contributed by atoms with Crippen molar-refractivity contribution in [2.24, 2.45) is 0 Å². The SMILES string of the molecule is Cc1c(C(=O)Nc2ccc3c(c2)N(C)C(=O)CO3)sc2ncn(Cc3ccccc3)c(=O)c12. The zero-order valence-corrected chi connectivity index (χ0v) is 18.8. The van der Waals surface area contributed by atoms with Gasteiger partial charge in [0.2, 0.25) is 0 Å². The van der Waals surface area contributed by atoms with Gasteiger partial charge in [0, 0.05) is 12.7 Å². The van der Waals surface area contributed by atoms with E-state index in [0.717, 1.165) is 5.56 Å². The third-order valence-electron chi connectivity index (χ3n) is 5.62. The summed E-state index contributed by atoms with van der Waals surface area (Å²) in [5.74, 6) is 0.0793. The first-order valence-corrected chi connectivity index (χ1v) is 11.1. The van der Waals surface area contributed by atoms with Crippen molar-refractivity contribution in [3.63, 3.8) is 0 Å². The second-order valence-electron chi connectivity index (χ2n) is 7.78. The number of rotatable bonds is 4. The van der Waals surface area contributed by atoms with Gasteiger partial charge in [0.1, 0.15) is 10.6 Å². The van der Waals surface area contributed by atoms with Gasteiger partial charge in [0.05, 0.1) is 28.8 Å². The highest BCUT2D eigenvalue weighted by molar-refractivity contribution is 7.20. The molecule has 0 aliphatic carbocycles. The van der Waals surface area contributed by atoms with Crippen LogP contribution in [0.1, 0.15) is 20.8 Å². The molecule has 2 aromatic carbocycles. The summed E-state index contributed by atoms with van der Waals surface area (Å²) in [6, 6.07) is 14.8. The maximum Gasteiger partial charge on any atom is 0.266 e. The van der Waals surface area contributed by atoms with Gasteiger partial charge in [-0.2, -0.15) is 0 Å². The second kappa shape index (κ2) is 8.18. The van der Waals surface area contributed by atoms with Crippen molar-refractivity contribution in [2.75, 3.05) is 23.9 Å². The van der Waals surface area contributed by atoms with Crippen molar-refractivity contribution < 1.29 is 14.3 Å². The number of carbonyl (C=O) groups is 2. The minimum Gasteiger partial charge on any atom is -0.482 e. The van der Waals surface area contributed by atoms with Crippen LogP contribution in [0.3, 0.4) is 0 Å². The van der Waals surface area contributed by atoms with Crippen LogP contribution in [0.15, 0.2) is 59.7 Å². The number of thiophene rings is 1. The molecule has 0 unspecified atom stereocenters. The summed E-state index contributed by atoms with van der Waals surface area (Å²) in [4.78, 5) is 45.0. The van der Waals surface area contributed by atoms with E-state index in [2.05, 4.69) is 10.3 Å². The maximum atomic E-state index is 13.1. The molecular weight excluding hydrogens is 440 g/mol. The van der Waals surface area contributed by atoms with Crippen LogP contribution in [0.4, 0.5) is 11.4 Å². The fourth-order valence-electron chi connectivity index (χ4n) is 3.81. The molecule has 3 heterocycles. The summed E-state index contributed by atoms with van der Waals surface area (Å²) in [7, 11) is 1.66. The highest BCUT2D eigenvalue weighted by atomic mass is 32.1. The predicted octanol–water partition coefficient (Wildman–Crippen LogP) is 3.42. The average Bonchev–Trinajstić information content (AvgIpc) is 3.16. The standard InChI is InChI=1S/C24H20N4O4S/c1-14-20-23(25-13-28(24(20)31)11-15-6-4-3-5-7-15)33-21(14)22(30)26-16-8-9-18-17(10-16)27(2)19(29)12-32-18/h3-10,13H,11-12H2,1-2H3,(H,26,30). The Kier molecular flexibility index (Phi) is 5.18. The molecule has 33 heavy (non-hydrogen) atoms. The molecule has 0 atom stereocenters. The van der Waals surface area contributed by atoms with Crippen molar-refractivity contribution in [1.29, 1.82) is 0 Å². The Morgan fingerprint density at radius 3 is 2.76 bits per heavy atom. The monoisotopic (exact) mass is 460 g/mol. The number of benzene rings is 2. The molecule has 8 nitrogen and oxygen atoms in total. The summed E-state index contributed by atoms with van der Waals surface area (Å²) < 4.78 is 6.98. The quantitative estimate of drug-likeness (QED) is 0.504. The van der Waals surface area contributed by atoms with Crippen LogP contribution >= 0.6 is 11.3 Å². The number of hydrogen-bond acceptors (Lipinski definition) is 6. The number of aromatic nitrogens is 2. The van der Waals surface area contributed by atoms with Gasteiger partial charge in [0.15, 0.2) is 6.61 Å². The molecule has 0 saturated heterocycles. The molecule has 0 spiro atoms. The second-order valence-corrected chi connectivity index (χ2v) is 8.78. The number of nitrogens with one attached hydrogen (secondary N) is 1. The minimum absolute atomic E-state index is 0.00894. The summed E-state index contributed by atoms with van der Waals surface area (Å²) in [6.07, 6.45) is 1.52. The van der Waals surface area contributed by atoms with Crippen LogP contribution < -0.4 is 20.5 Å². The van der Waals surface area contributed by atoms with Crippen molar-refractivity contribution in [2.45, 2.75) is 13.5 Å². The number of likely N-dealkylation sites (N-methyl/N-ethyl adjacent to an activating group) is 1. The Labute approximate surface area is 193 Å². The Hall–Kier alpha value is -3.98. The van der Waals surface area contributed by atoms with Crippen LogP contribution in [-0.4, -0.2) is 35.0 Å². The zero-order valence-electron chi connectivity index (χ0n) is 18.0. The van der Waals surface area contributed by atoms with E-state index in [9.17, 15) is 14.4 Å². The van der Waals surface area contributed by atoms with Gasteiger partial charge in [-0.05, 0) is 36.2 Å². The van der Waals surface area contributed by atoms with E-state index in [1.807, 2.05) is 30.3 Å². The molecular formula is C24H20N4O4S. The molecule has 1 aliphatic rings. The van der Waals surface area contributed by atoms with Crippen LogP contribution in [0.5, 0.6) is 5.75 Å². The number of amides is 2. The Morgan fingerprint density at radius 1 is 1.18 bits per heavy atom. The topological polar surface area (TPSA) is 93.5 Å². The van der Waals surface area contributed by atoms with E-state index in [0.29, 0.717) is 44.3 Å². The number of anilines is 2. The van der Waals surface area contributed by atoms with Crippen molar-refractivity contribution in [3.05, 3.63) is 81.2 Å². The molecule has 0 bridgehead atoms. The van der Waals surface area contributed by atoms with Gasteiger partial charge in [-0.25, -0.2) is 4.98 Å². The maximum absolute atomic E-state index is 13.1. The molecule has 2 amide bonds. The third kappa shape index (κ3) is 3.76. The van der Waals surface area contributed by atoms with Crippen molar-refractivity contribution >= 4 is 44.7 Å². The third-order valence-corrected chi connectivity index (χ3v) is 6.82. The molecule has 166 valence electrons. The normalized spacial score (nSPS) is 13.0. The minimum atomic E-state index is -0.338. The van der Waals surface area contributed by atoms with E-state index < -0.39 is 0 Å². The smallest absolute Gasteiger partial charge is 0.266 e. The number of nitrogens with zero attached hydrogens (tertiary/aromatic N) is 3. The predicted molar refractivity (Wildman–Crippen MR) is 127 cm³/mol. The Morgan fingerprint density at radius 2 is 1.97 bits per heavy atom. The first-order chi connectivity index (χ1) is 15.9. The van der Waals surface area contributed by atoms with Crippen LogP contribution in [0, 0.1) is 6.92 Å². The van der Waals surface area contributed by atoms with E-state index in [1.165, 1.54) is 22.6 Å². The lowest BCUT2D eigenvalue weighted by atomic mass is 10.2. The average molecular weight is 461 g/mol. The van der Waals surface area contributed by atoms with Gasteiger partial charge >= 0.3 is 0 Å². The largest absolute Gasteiger partial charge is 0.482 e. The number of fused-ring (bicyclic) bond motifs is 2. The van der Waals surface area contributed by atoms with Crippen LogP contribution in [-0.2, 0) is 11.3 Å². The molecule has 4 aromatic rings. The fourth-order valence-corrected chi connectivity index (χ4v) is 4.84. The van der Waals surface area contributed by atoms with Crippen molar-refractivity contribution in [3.8, 4) is 5.75 Å². The summed E-state index contributed by atoms with van der Waals surface area (Å²) in [5.41, 5.74) is 2.52. The summed E-state index contributed by atoms with van der Waals surface area (Å²) >= 11 is 1.18. The number of ether oxygens (including phenoxy) is 1. The fraction of sp³-hybridized carbons (Fsp3) is 0.167. The number of hydrogen-bond donors (Lipinski definition) is 1. The number of aryl methyl sites for hydroxylation is 1. The molecule has 0 saturated carbocycles. The lowest BCUT2D eigenvalue weighted by Gasteiger charge is -2.26. The first kappa shape index (κ1) is 20.9. The highest BCUT2D eigenvalue weighted by Gasteiger charge is 2.24. The summed E-state index contributed by atoms with van der Waals surface area (Å²) in [5, 5.41) is 3.31. The van der Waals surface area contributed by atoms with Gasteiger partial charge in [-0.1, -0.05) is 30.3 Å². The molecule has 9 heteroatoms. The van der Waals surface area contributed by atoms with E-state index >= 15 is 0 Å². The molecule has 5 rings (SSSR count). The Balaban J connectivity index is 1.45. The lowest BCUT2D eigenvalue weighted by molar-refractivity contribution is -0.120. The zero-order chi connectivity index (χ0) is 23.1. The molecule has 0 fully saturated rings. The van der Waals surface area contributed by atoms with Crippen LogP contribution in [0.25, 0.3) is 10.2 Å². The van der Waals surface area contributed by atoms with Crippen LogP contribution in [0.2, 0.25) is 0 Å². The van der Waals surface area contributed by atoms with E-state index in [-0.39, 0.29) is 24.0 Å². The lowest BCUT2D eigenvalue weighted by Crippen LogP contribution is -2.35. The highest BCUT2D eigenvalue weighted by Crippen LogP contribution is 2.34. The van der Waals surface area contributed by atoms with Gasteiger partial charge in [-0.15, -0.1) is 11.3 Å². The van der Waals surface area contributed by atoms with Gasteiger partial charge in [0.25, 0.3) is 17.4 Å². The molecule has 1 N–H and O–H groups in total. The molecule has 1 aliphatic heterocycles. The van der Waals surface area contributed by atoms with E-state index in [1.54, 1.807) is 36.7 Å². The Bertz CT molecular complexity index is 1460. The van der Waals surface area contributed by atoms with E-state index in [4.69, 9.17) is 4.74 Å². The summed E-state index contributed by atoms with van der Waals surface area (Å²) in [6.45, 7) is 2.16. The van der Waals surface area contributed by atoms with Gasteiger partial charge < -0.3 is 15.0 Å².